The molecule has 0 saturated carbocycles. The second-order valence-corrected chi connectivity index (χ2v) is 8.25. The zero-order chi connectivity index (χ0) is 21.7. The highest BCUT2D eigenvalue weighted by Crippen LogP contribution is 2.33. The normalized spacial score (nSPS) is 17.3. The van der Waals surface area contributed by atoms with Crippen LogP contribution in [-0.4, -0.2) is 40.8 Å². The quantitative estimate of drug-likeness (QED) is 0.576. The topological polar surface area (TPSA) is 71.0 Å². The third-order valence-corrected chi connectivity index (χ3v) is 6.22. The summed E-state index contributed by atoms with van der Waals surface area (Å²) in [7, 11) is 1.59. The summed E-state index contributed by atoms with van der Waals surface area (Å²) in [6.45, 7) is 4.01. The Kier molecular flexibility index (Phi) is 7.42. The van der Waals surface area contributed by atoms with Crippen molar-refractivity contribution in [3.05, 3.63) is 65.2 Å². The smallest absolute Gasteiger partial charge is 0.242 e. The summed E-state index contributed by atoms with van der Waals surface area (Å²) in [6.07, 6.45) is 1.60. The molecule has 2 aromatic rings. The molecule has 1 aliphatic rings. The van der Waals surface area contributed by atoms with Crippen LogP contribution in [0.3, 0.4) is 0 Å². The van der Waals surface area contributed by atoms with E-state index < -0.39 is 5.25 Å². The van der Waals surface area contributed by atoms with Gasteiger partial charge in [-0.1, -0.05) is 47.1 Å². The van der Waals surface area contributed by atoms with Gasteiger partial charge in [-0.15, -0.1) is 6.58 Å². The molecule has 2 aromatic carbocycles. The van der Waals surface area contributed by atoms with E-state index in [1.165, 1.54) is 16.7 Å². The van der Waals surface area contributed by atoms with Gasteiger partial charge < -0.3 is 10.1 Å². The van der Waals surface area contributed by atoms with E-state index in [1.807, 2.05) is 0 Å². The minimum absolute atomic E-state index is 0.0262. The molecule has 0 aromatic heterocycles. The molecule has 1 saturated heterocycles. The van der Waals surface area contributed by atoms with Crippen molar-refractivity contribution in [1.82, 2.24) is 4.90 Å². The van der Waals surface area contributed by atoms with Crippen LogP contribution >= 0.6 is 35.0 Å². The Morgan fingerprint density at radius 2 is 2.03 bits per heavy atom. The van der Waals surface area contributed by atoms with Gasteiger partial charge in [-0.05, 0) is 36.4 Å². The Labute approximate surface area is 188 Å². The first kappa shape index (κ1) is 22.2. The molecule has 2 amide bonds. The Morgan fingerprint density at radius 1 is 1.30 bits per heavy atom. The minimum Gasteiger partial charge on any atom is -0.497 e. The highest BCUT2D eigenvalue weighted by atomic mass is 35.5. The van der Waals surface area contributed by atoms with Gasteiger partial charge in [0.05, 0.1) is 28.5 Å². The molecule has 6 nitrogen and oxygen atoms in total. The van der Waals surface area contributed by atoms with Gasteiger partial charge in [-0.3, -0.25) is 14.5 Å². The number of nitrogens with zero attached hydrogens (tertiary/aromatic N) is 2. The minimum atomic E-state index is -0.597. The van der Waals surface area contributed by atoms with Gasteiger partial charge in [0.2, 0.25) is 11.8 Å². The molecular weight excluding hydrogens is 445 g/mol. The van der Waals surface area contributed by atoms with Crippen LogP contribution in [0.5, 0.6) is 5.75 Å². The summed E-state index contributed by atoms with van der Waals surface area (Å²) in [5.74, 6) is 0.181. The van der Waals surface area contributed by atoms with Crippen LogP contribution in [0.15, 0.2) is 60.1 Å². The number of halogens is 2. The van der Waals surface area contributed by atoms with Gasteiger partial charge in [-0.25, -0.2) is 4.99 Å². The summed E-state index contributed by atoms with van der Waals surface area (Å²) in [5, 5.41) is 3.23. The molecule has 0 radical (unpaired) electrons. The number of benzene rings is 2. The van der Waals surface area contributed by atoms with Crippen molar-refractivity contribution in [1.29, 1.82) is 0 Å². The number of carbonyl (C=O) groups is 2. The number of hydrogen-bond donors (Lipinski definition) is 1. The highest BCUT2D eigenvalue weighted by Gasteiger charge is 2.38. The Bertz CT molecular complexity index is 995. The van der Waals surface area contributed by atoms with Crippen molar-refractivity contribution >= 4 is 63.3 Å². The number of carbonyl (C=O) groups excluding carboxylic acids is 2. The number of rotatable bonds is 7. The average Bonchev–Trinajstić information content (AvgIpc) is 3.01. The summed E-state index contributed by atoms with van der Waals surface area (Å²) in [6, 6.07) is 12.1. The highest BCUT2D eigenvalue weighted by molar-refractivity contribution is 8.15. The predicted octanol–water partition coefficient (Wildman–Crippen LogP) is 5.15. The molecule has 156 valence electrons. The van der Waals surface area contributed by atoms with Crippen LogP contribution in [-0.2, 0) is 9.59 Å². The lowest BCUT2D eigenvalue weighted by molar-refractivity contribution is -0.127. The van der Waals surface area contributed by atoms with E-state index in [-0.39, 0.29) is 23.3 Å². The number of thioether (sulfide) groups is 1. The van der Waals surface area contributed by atoms with E-state index >= 15 is 0 Å². The Morgan fingerprint density at radius 3 is 2.70 bits per heavy atom. The first-order valence-corrected chi connectivity index (χ1v) is 10.6. The molecule has 1 N–H and O–H groups in total. The molecule has 0 spiro atoms. The maximum absolute atomic E-state index is 12.8. The van der Waals surface area contributed by atoms with E-state index in [1.54, 1.807) is 55.7 Å². The Balaban J connectivity index is 1.74. The standard InChI is InChI=1S/C21H19Cl2N3O3S/c1-3-11-26-20(28)17(12-18(27)25-16-6-4-5-15(22)19(16)23)30-21(26)24-13-7-9-14(29-2)10-8-13/h3-10,17H,1,11-12H2,2H3,(H,25,27). The fourth-order valence-corrected chi connectivity index (χ4v) is 4.27. The van der Waals surface area contributed by atoms with Crippen molar-refractivity contribution < 1.29 is 14.3 Å². The zero-order valence-corrected chi connectivity index (χ0v) is 18.4. The Hall–Kier alpha value is -2.48. The van der Waals surface area contributed by atoms with Crippen LogP contribution in [0.4, 0.5) is 11.4 Å². The number of hydrogen-bond acceptors (Lipinski definition) is 5. The van der Waals surface area contributed by atoms with E-state index in [4.69, 9.17) is 27.9 Å². The number of aliphatic imine (C=N–C) groups is 1. The van der Waals surface area contributed by atoms with Crippen LogP contribution in [0.1, 0.15) is 6.42 Å². The first-order chi connectivity index (χ1) is 14.4. The SMILES string of the molecule is C=CCN1C(=O)C(CC(=O)Nc2cccc(Cl)c2Cl)SC1=Nc1ccc(OC)cc1. The van der Waals surface area contributed by atoms with Crippen molar-refractivity contribution in [3.8, 4) is 5.75 Å². The third-order valence-electron chi connectivity index (χ3n) is 4.23. The molecular formula is C21H19Cl2N3O3S. The van der Waals surface area contributed by atoms with Gasteiger partial charge >= 0.3 is 0 Å². The molecule has 30 heavy (non-hydrogen) atoms. The van der Waals surface area contributed by atoms with Gasteiger partial charge in [0.1, 0.15) is 11.0 Å². The molecule has 1 heterocycles. The van der Waals surface area contributed by atoms with Crippen LogP contribution < -0.4 is 10.1 Å². The molecule has 1 unspecified atom stereocenters. The van der Waals surface area contributed by atoms with E-state index in [0.717, 1.165) is 0 Å². The lowest BCUT2D eigenvalue weighted by atomic mass is 10.2. The summed E-state index contributed by atoms with van der Waals surface area (Å²) < 4.78 is 5.15. The molecule has 0 aliphatic carbocycles. The summed E-state index contributed by atoms with van der Waals surface area (Å²) in [5.41, 5.74) is 1.08. The maximum Gasteiger partial charge on any atom is 0.242 e. The lowest BCUT2D eigenvalue weighted by Gasteiger charge is -2.14. The van der Waals surface area contributed by atoms with Crippen molar-refractivity contribution in [2.45, 2.75) is 11.7 Å². The van der Waals surface area contributed by atoms with Crippen molar-refractivity contribution in [2.24, 2.45) is 4.99 Å². The number of amides is 2. The van der Waals surface area contributed by atoms with Gasteiger partial charge in [0.25, 0.3) is 0 Å². The monoisotopic (exact) mass is 463 g/mol. The molecule has 1 aliphatic heterocycles. The van der Waals surface area contributed by atoms with Crippen LogP contribution in [0.2, 0.25) is 10.0 Å². The number of methoxy groups -OCH3 is 1. The zero-order valence-electron chi connectivity index (χ0n) is 16.1. The molecule has 1 fully saturated rings. The van der Waals surface area contributed by atoms with E-state index in [0.29, 0.717) is 33.9 Å². The van der Waals surface area contributed by atoms with Crippen molar-refractivity contribution in [3.63, 3.8) is 0 Å². The number of ether oxygens (including phenoxy) is 1. The molecule has 3 rings (SSSR count). The van der Waals surface area contributed by atoms with E-state index in [2.05, 4.69) is 16.9 Å². The molecule has 1 atom stereocenters. The van der Waals surface area contributed by atoms with Gasteiger partial charge in [0.15, 0.2) is 5.17 Å². The molecule has 0 bridgehead atoms. The van der Waals surface area contributed by atoms with E-state index in [9.17, 15) is 9.59 Å². The fraction of sp³-hybridized carbons (Fsp3) is 0.190. The lowest BCUT2D eigenvalue weighted by Crippen LogP contribution is -2.33. The van der Waals surface area contributed by atoms with Gasteiger partial charge in [-0.2, -0.15) is 0 Å². The van der Waals surface area contributed by atoms with Crippen LogP contribution in [0, 0.1) is 0 Å². The first-order valence-electron chi connectivity index (χ1n) is 8.98. The third kappa shape index (κ3) is 5.16. The second-order valence-electron chi connectivity index (χ2n) is 6.29. The fourth-order valence-electron chi connectivity index (χ4n) is 2.76. The number of amidine groups is 1. The number of anilines is 1. The maximum atomic E-state index is 12.8. The summed E-state index contributed by atoms with van der Waals surface area (Å²) in [4.78, 5) is 31.4. The largest absolute Gasteiger partial charge is 0.497 e. The average molecular weight is 464 g/mol. The number of nitrogens with one attached hydrogen (secondary N) is 1. The summed E-state index contributed by atoms with van der Waals surface area (Å²) >= 11 is 13.3. The second kappa shape index (κ2) is 10.0. The van der Waals surface area contributed by atoms with Crippen LogP contribution in [0.25, 0.3) is 0 Å². The van der Waals surface area contributed by atoms with Gasteiger partial charge in [0, 0.05) is 13.0 Å². The predicted molar refractivity (Wildman–Crippen MR) is 123 cm³/mol. The van der Waals surface area contributed by atoms with Crippen molar-refractivity contribution in [2.75, 3.05) is 19.0 Å². The molecule has 9 heteroatoms.